The van der Waals surface area contributed by atoms with Crippen molar-refractivity contribution in [1.82, 2.24) is 9.80 Å². The third-order valence-corrected chi connectivity index (χ3v) is 3.09. The van der Waals surface area contributed by atoms with Gasteiger partial charge in [0.2, 0.25) is 11.8 Å². The predicted octanol–water partition coefficient (Wildman–Crippen LogP) is 0.195. The van der Waals surface area contributed by atoms with Crippen LogP contribution in [0.2, 0.25) is 0 Å². The van der Waals surface area contributed by atoms with Crippen molar-refractivity contribution in [2.45, 2.75) is 38.1 Å². The molecule has 0 aromatic rings. The second kappa shape index (κ2) is 6.59. The highest BCUT2D eigenvalue weighted by Crippen LogP contribution is 2.11. The molecule has 1 unspecified atom stereocenters. The molecule has 0 bridgehead atoms. The summed E-state index contributed by atoms with van der Waals surface area (Å²) >= 11 is 0. The summed E-state index contributed by atoms with van der Waals surface area (Å²) < 4.78 is 0. The van der Waals surface area contributed by atoms with Crippen LogP contribution < -0.4 is 5.73 Å². The van der Waals surface area contributed by atoms with Gasteiger partial charge in [-0.1, -0.05) is 0 Å². The second-order valence-electron chi connectivity index (χ2n) is 4.88. The molecule has 1 atom stereocenters. The lowest BCUT2D eigenvalue weighted by atomic mass is 10.1. The van der Waals surface area contributed by atoms with Crippen LogP contribution in [-0.4, -0.2) is 54.8 Å². The maximum atomic E-state index is 11.8. The Balaban J connectivity index is 2.22. The van der Waals surface area contributed by atoms with Crippen LogP contribution in [0.15, 0.2) is 0 Å². The van der Waals surface area contributed by atoms with Crippen LogP contribution in [0.5, 0.6) is 0 Å². The predicted molar refractivity (Wildman–Crippen MR) is 66.3 cm³/mol. The van der Waals surface area contributed by atoms with Gasteiger partial charge in [0.25, 0.3) is 0 Å². The van der Waals surface area contributed by atoms with Crippen LogP contribution >= 0.6 is 0 Å². The van der Waals surface area contributed by atoms with Gasteiger partial charge in [-0.05, 0) is 19.3 Å². The molecule has 1 aliphatic heterocycles. The molecule has 98 valence electrons. The van der Waals surface area contributed by atoms with Gasteiger partial charge in [0.15, 0.2) is 0 Å². The van der Waals surface area contributed by atoms with Gasteiger partial charge < -0.3 is 15.5 Å². The lowest BCUT2D eigenvalue weighted by Crippen LogP contribution is -2.45. The molecular weight excluding hydrogens is 218 g/mol. The first-order valence-corrected chi connectivity index (χ1v) is 6.24. The molecule has 0 aromatic heterocycles. The highest BCUT2D eigenvalue weighted by atomic mass is 16.2. The van der Waals surface area contributed by atoms with E-state index >= 15 is 0 Å². The highest BCUT2D eigenvalue weighted by molar-refractivity contribution is 5.78. The molecule has 2 N–H and O–H groups in total. The minimum absolute atomic E-state index is 0.0770. The number of piperidine rings is 1. The molecule has 5 nitrogen and oxygen atoms in total. The van der Waals surface area contributed by atoms with E-state index in [2.05, 4.69) is 0 Å². The molecule has 0 spiro atoms. The van der Waals surface area contributed by atoms with E-state index in [1.165, 1.54) is 0 Å². The number of likely N-dealkylation sites (tertiary alicyclic amines) is 1. The monoisotopic (exact) mass is 241 g/mol. The van der Waals surface area contributed by atoms with Crippen molar-refractivity contribution < 1.29 is 9.59 Å². The summed E-state index contributed by atoms with van der Waals surface area (Å²) in [6.45, 7) is 1.48. The van der Waals surface area contributed by atoms with Crippen LogP contribution in [0, 0.1) is 0 Å². The smallest absolute Gasteiger partial charge is 0.222 e. The molecule has 0 aliphatic carbocycles. The first-order chi connectivity index (χ1) is 8.00. The fourth-order valence-corrected chi connectivity index (χ4v) is 2.01. The van der Waals surface area contributed by atoms with Crippen molar-refractivity contribution in [2.24, 2.45) is 5.73 Å². The van der Waals surface area contributed by atoms with Gasteiger partial charge in [-0.15, -0.1) is 0 Å². The molecular formula is C12H23N3O2. The Bertz CT molecular complexity index is 279. The van der Waals surface area contributed by atoms with Crippen LogP contribution in [0.3, 0.4) is 0 Å². The van der Waals surface area contributed by atoms with Crippen LogP contribution in [0.1, 0.15) is 32.1 Å². The van der Waals surface area contributed by atoms with Gasteiger partial charge in [0.1, 0.15) is 0 Å². The minimum Gasteiger partial charge on any atom is -0.349 e. The zero-order chi connectivity index (χ0) is 12.8. The van der Waals surface area contributed by atoms with E-state index in [1.54, 1.807) is 19.0 Å². The number of carbonyl (C=O) groups is 2. The Morgan fingerprint density at radius 3 is 2.65 bits per heavy atom. The van der Waals surface area contributed by atoms with Gasteiger partial charge >= 0.3 is 0 Å². The summed E-state index contributed by atoms with van der Waals surface area (Å²) in [5.41, 5.74) is 5.82. The summed E-state index contributed by atoms with van der Waals surface area (Å²) in [4.78, 5) is 26.6. The van der Waals surface area contributed by atoms with Crippen molar-refractivity contribution in [3.05, 3.63) is 0 Å². The lowest BCUT2D eigenvalue weighted by molar-refractivity contribution is -0.133. The third kappa shape index (κ3) is 4.73. The average Bonchev–Trinajstić information content (AvgIpc) is 2.28. The molecule has 1 heterocycles. The maximum absolute atomic E-state index is 11.8. The molecule has 0 radical (unpaired) electrons. The molecule has 1 aliphatic rings. The van der Waals surface area contributed by atoms with E-state index < -0.39 is 0 Å². The van der Waals surface area contributed by atoms with E-state index in [4.69, 9.17) is 5.73 Å². The maximum Gasteiger partial charge on any atom is 0.222 e. The minimum atomic E-state index is 0.0770. The van der Waals surface area contributed by atoms with Crippen molar-refractivity contribution in [1.29, 1.82) is 0 Å². The normalized spacial score (nSPS) is 20.2. The largest absolute Gasteiger partial charge is 0.349 e. The van der Waals surface area contributed by atoms with Crippen LogP contribution in [0.25, 0.3) is 0 Å². The summed E-state index contributed by atoms with van der Waals surface area (Å²) in [7, 11) is 3.46. The summed E-state index contributed by atoms with van der Waals surface area (Å²) in [5.74, 6) is 0.208. The topological polar surface area (TPSA) is 66.6 Å². The van der Waals surface area contributed by atoms with Gasteiger partial charge in [-0.3, -0.25) is 9.59 Å². The van der Waals surface area contributed by atoms with Crippen LogP contribution in [-0.2, 0) is 9.59 Å². The zero-order valence-electron chi connectivity index (χ0n) is 10.8. The lowest BCUT2D eigenvalue weighted by Gasteiger charge is -2.30. The van der Waals surface area contributed by atoms with Gasteiger partial charge in [-0.25, -0.2) is 0 Å². The fraction of sp³-hybridized carbons (Fsp3) is 0.833. The Kier molecular flexibility index (Phi) is 5.41. The molecule has 17 heavy (non-hydrogen) atoms. The average molecular weight is 241 g/mol. The van der Waals surface area contributed by atoms with E-state index in [9.17, 15) is 9.59 Å². The SMILES string of the molecule is CN(C)C(=O)CCCC(=O)N1CCCC(N)C1. The standard InChI is InChI=1S/C12H23N3O2/c1-14(2)11(16)6-3-7-12(17)15-8-4-5-10(13)9-15/h10H,3-9,13H2,1-2H3. The first kappa shape index (κ1) is 14.0. The van der Waals surface area contributed by atoms with E-state index in [0.717, 1.165) is 19.4 Å². The second-order valence-corrected chi connectivity index (χ2v) is 4.88. The zero-order valence-corrected chi connectivity index (χ0v) is 10.8. The number of nitrogens with zero attached hydrogens (tertiary/aromatic N) is 2. The Hall–Kier alpha value is -1.10. The molecule has 5 heteroatoms. The molecule has 1 fully saturated rings. The van der Waals surface area contributed by atoms with E-state index in [0.29, 0.717) is 25.8 Å². The van der Waals surface area contributed by atoms with E-state index in [-0.39, 0.29) is 17.9 Å². The molecule has 0 aromatic carbocycles. The first-order valence-electron chi connectivity index (χ1n) is 6.24. The van der Waals surface area contributed by atoms with Gasteiger partial charge in [-0.2, -0.15) is 0 Å². The Morgan fingerprint density at radius 1 is 1.35 bits per heavy atom. The van der Waals surface area contributed by atoms with Gasteiger partial charge in [0, 0.05) is 46.1 Å². The Morgan fingerprint density at radius 2 is 2.06 bits per heavy atom. The quantitative estimate of drug-likeness (QED) is 0.764. The van der Waals surface area contributed by atoms with Crippen molar-refractivity contribution in [2.75, 3.05) is 27.2 Å². The summed E-state index contributed by atoms with van der Waals surface area (Å²) in [5, 5.41) is 0. The number of rotatable bonds is 4. The van der Waals surface area contributed by atoms with Gasteiger partial charge in [0.05, 0.1) is 0 Å². The number of nitrogens with two attached hydrogens (primary N) is 1. The highest BCUT2D eigenvalue weighted by Gasteiger charge is 2.20. The van der Waals surface area contributed by atoms with Crippen molar-refractivity contribution >= 4 is 11.8 Å². The number of hydrogen-bond acceptors (Lipinski definition) is 3. The number of carbonyl (C=O) groups excluding carboxylic acids is 2. The molecule has 1 saturated heterocycles. The molecule has 1 rings (SSSR count). The Labute approximate surface area is 103 Å². The number of hydrogen-bond donors (Lipinski definition) is 1. The third-order valence-electron chi connectivity index (χ3n) is 3.09. The van der Waals surface area contributed by atoms with Crippen molar-refractivity contribution in [3.63, 3.8) is 0 Å². The van der Waals surface area contributed by atoms with Crippen LogP contribution in [0.4, 0.5) is 0 Å². The fourth-order valence-electron chi connectivity index (χ4n) is 2.01. The molecule has 2 amide bonds. The number of amides is 2. The van der Waals surface area contributed by atoms with Crippen molar-refractivity contribution in [3.8, 4) is 0 Å². The van der Waals surface area contributed by atoms with E-state index in [1.807, 2.05) is 4.90 Å². The summed E-state index contributed by atoms with van der Waals surface area (Å²) in [6.07, 6.45) is 3.51. The summed E-state index contributed by atoms with van der Waals surface area (Å²) in [6, 6.07) is 0.121. The molecule has 0 saturated carbocycles.